The lowest BCUT2D eigenvalue weighted by Gasteiger charge is -2.04. The van der Waals surface area contributed by atoms with Gasteiger partial charge in [-0.3, -0.25) is 0 Å². The molecule has 96 valence electrons. The molecule has 0 unspecified atom stereocenters. The number of hydrogen-bond acceptors (Lipinski definition) is 1. The number of nitrogens with one attached hydrogen (secondary N) is 1. The van der Waals surface area contributed by atoms with Gasteiger partial charge in [0.2, 0.25) is 0 Å². The number of para-hydroxylation sites is 2. The molecule has 0 amide bonds. The molecule has 0 aliphatic carbocycles. The molecular weight excluding hydrogens is 244 g/mol. The maximum absolute atomic E-state index is 5.90. The van der Waals surface area contributed by atoms with E-state index in [0.29, 0.717) is 0 Å². The van der Waals surface area contributed by atoms with E-state index in [2.05, 4.69) is 53.5 Å². The third-order valence-electron chi connectivity index (χ3n) is 3.74. The van der Waals surface area contributed by atoms with Crippen LogP contribution in [0.15, 0.2) is 66.7 Å². The van der Waals surface area contributed by atoms with E-state index in [-0.39, 0.29) is 0 Å². The molecule has 3 N–H and O–H groups in total. The summed E-state index contributed by atoms with van der Waals surface area (Å²) in [5.74, 6) is 0. The van der Waals surface area contributed by atoms with Crippen molar-refractivity contribution in [2.75, 3.05) is 5.73 Å². The summed E-state index contributed by atoms with van der Waals surface area (Å²) in [7, 11) is 0. The number of fused-ring (bicyclic) bond motifs is 3. The highest BCUT2D eigenvalue weighted by atomic mass is 14.7. The summed E-state index contributed by atoms with van der Waals surface area (Å²) in [4.78, 5) is 3.52. The highest BCUT2D eigenvalue weighted by Crippen LogP contribution is 2.33. The Morgan fingerprint density at radius 2 is 1.55 bits per heavy atom. The summed E-state index contributed by atoms with van der Waals surface area (Å²) in [6.07, 6.45) is 0. The molecule has 0 saturated heterocycles. The van der Waals surface area contributed by atoms with Crippen molar-refractivity contribution in [1.82, 2.24) is 4.98 Å². The molecule has 2 nitrogen and oxygen atoms in total. The number of aromatic nitrogens is 1. The molecule has 0 bridgehead atoms. The van der Waals surface area contributed by atoms with Crippen molar-refractivity contribution in [3.63, 3.8) is 0 Å². The van der Waals surface area contributed by atoms with Crippen LogP contribution in [0.2, 0.25) is 0 Å². The first kappa shape index (κ1) is 11.1. The average molecular weight is 258 g/mol. The monoisotopic (exact) mass is 258 g/mol. The van der Waals surface area contributed by atoms with Gasteiger partial charge in [0.1, 0.15) is 0 Å². The van der Waals surface area contributed by atoms with E-state index in [1.54, 1.807) is 0 Å². The number of hydrogen-bond donors (Lipinski definition) is 2. The zero-order valence-corrected chi connectivity index (χ0v) is 10.9. The molecule has 4 rings (SSSR count). The van der Waals surface area contributed by atoms with E-state index in [4.69, 9.17) is 5.73 Å². The number of benzene rings is 3. The lowest BCUT2D eigenvalue weighted by molar-refractivity contribution is 1.53. The largest absolute Gasteiger partial charge is 0.399 e. The third-order valence-corrected chi connectivity index (χ3v) is 3.74. The minimum atomic E-state index is 0.788. The van der Waals surface area contributed by atoms with Crippen LogP contribution in [0.5, 0.6) is 0 Å². The molecule has 0 atom stereocenters. The van der Waals surface area contributed by atoms with Crippen LogP contribution >= 0.6 is 0 Å². The Balaban J connectivity index is 2.10. The molecule has 0 aliphatic rings. The zero-order valence-electron chi connectivity index (χ0n) is 10.9. The van der Waals surface area contributed by atoms with Crippen LogP contribution in [0.4, 0.5) is 5.69 Å². The Bertz CT molecular complexity index is 919. The fourth-order valence-electron chi connectivity index (χ4n) is 2.82. The quantitative estimate of drug-likeness (QED) is 0.482. The first-order chi connectivity index (χ1) is 9.83. The predicted octanol–water partition coefficient (Wildman–Crippen LogP) is 4.57. The van der Waals surface area contributed by atoms with Gasteiger partial charge in [0.05, 0.1) is 5.52 Å². The van der Waals surface area contributed by atoms with Gasteiger partial charge in [0.25, 0.3) is 0 Å². The molecule has 0 spiro atoms. The van der Waals surface area contributed by atoms with Gasteiger partial charge < -0.3 is 10.7 Å². The van der Waals surface area contributed by atoms with Crippen LogP contribution < -0.4 is 5.73 Å². The van der Waals surface area contributed by atoms with Crippen LogP contribution in [0.3, 0.4) is 0 Å². The van der Waals surface area contributed by atoms with Crippen molar-refractivity contribution < 1.29 is 0 Å². The summed E-state index contributed by atoms with van der Waals surface area (Å²) in [5, 5.41) is 2.51. The van der Waals surface area contributed by atoms with Crippen molar-refractivity contribution in [2.45, 2.75) is 0 Å². The predicted molar refractivity (Wildman–Crippen MR) is 85.7 cm³/mol. The van der Waals surface area contributed by atoms with Crippen molar-refractivity contribution in [2.24, 2.45) is 0 Å². The standard InChI is InChI=1S/C18H14N2/c19-13-6-3-5-12(11-13)14-8-4-9-16-15-7-1-2-10-17(15)20-18(14)16/h1-11,20H,19H2. The normalized spacial score (nSPS) is 11.2. The summed E-state index contributed by atoms with van der Waals surface area (Å²) in [5.41, 5.74) is 11.4. The van der Waals surface area contributed by atoms with Gasteiger partial charge in [-0.25, -0.2) is 0 Å². The van der Waals surface area contributed by atoms with Gasteiger partial charge in [-0.05, 0) is 23.8 Å². The highest BCUT2D eigenvalue weighted by Gasteiger charge is 2.08. The molecule has 2 heteroatoms. The van der Waals surface area contributed by atoms with Crippen LogP contribution in [0, 0.1) is 0 Å². The Hall–Kier alpha value is -2.74. The second-order valence-electron chi connectivity index (χ2n) is 5.02. The molecule has 3 aromatic carbocycles. The lowest BCUT2D eigenvalue weighted by Crippen LogP contribution is -1.85. The van der Waals surface area contributed by atoms with Gasteiger partial charge in [-0.2, -0.15) is 0 Å². The minimum absolute atomic E-state index is 0.788. The number of rotatable bonds is 1. The smallest absolute Gasteiger partial charge is 0.0544 e. The number of H-pyrrole nitrogens is 1. The van der Waals surface area contributed by atoms with E-state index < -0.39 is 0 Å². The van der Waals surface area contributed by atoms with E-state index >= 15 is 0 Å². The molecule has 20 heavy (non-hydrogen) atoms. The molecular formula is C18H14N2. The van der Waals surface area contributed by atoms with Crippen molar-refractivity contribution >= 4 is 27.5 Å². The molecule has 1 heterocycles. The maximum atomic E-state index is 5.90. The van der Waals surface area contributed by atoms with Gasteiger partial charge in [0, 0.05) is 27.5 Å². The van der Waals surface area contributed by atoms with Gasteiger partial charge in [0.15, 0.2) is 0 Å². The number of aromatic amines is 1. The maximum Gasteiger partial charge on any atom is 0.0544 e. The summed E-state index contributed by atoms with van der Waals surface area (Å²) < 4.78 is 0. The Labute approximate surface area is 116 Å². The molecule has 0 fully saturated rings. The summed E-state index contributed by atoms with van der Waals surface area (Å²) >= 11 is 0. The van der Waals surface area contributed by atoms with Crippen molar-refractivity contribution in [1.29, 1.82) is 0 Å². The van der Waals surface area contributed by atoms with E-state index in [9.17, 15) is 0 Å². The topological polar surface area (TPSA) is 41.8 Å². The van der Waals surface area contributed by atoms with Gasteiger partial charge in [-0.1, -0.05) is 48.5 Å². The second-order valence-corrected chi connectivity index (χ2v) is 5.02. The first-order valence-electron chi connectivity index (χ1n) is 6.68. The molecule has 0 saturated carbocycles. The highest BCUT2D eigenvalue weighted by molar-refractivity contribution is 6.11. The number of nitrogen functional groups attached to an aromatic ring is 1. The molecule has 1 aromatic heterocycles. The van der Waals surface area contributed by atoms with Crippen molar-refractivity contribution in [3.05, 3.63) is 66.7 Å². The van der Waals surface area contributed by atoms with Crippen LogP contribution in [0.1, 0.15) is 0 Å². The summed E-state index contributed by atoms with van der Waals surface area (Å²) in [6.45, 7) is 0. The lowest BCUT2D eigenvalue weighted by atomic mass is 10.0. The first-order valence-corrected chi connectivity index (χ1v) is 6.68. The fraction of sp³-hybridized carbons (Fsp3) is 0. The van der Waals surface area contributed by atoms with Crippen LogP contribution in [0.25, 0.3) is 32.9 Å². The Kier molecular flexibility index (Phi) is 2.30. The van der Waals surface area contributed by atoms with E-state index in [1.165, 1.54) is 27.4 Å². The van der Waals surface area contributed by atoms with Crippen LogP contribution in [-0.4, -0.2) is 4.98 Å². The number of nitrogens with two attached hydrogens (primary N) is 1. The number of anilines is 1. The van der Waals surface area contributed by atoms with E-state index in [1.807, 2.05) is 18.2 Å². The fourth-order valence-corrected chi connectivity index (χ4v) is 2.82. The SMILES string of the molecule is Nc1cccc(-c2cccc3c2[nH]c2ccccc23)c1. The Morgan fingerprint density at radius 1 is 0.750 bits per heavy atom. The molecule has 0 radical (unpaired) electrons. The summed E-state index contributed by atoms with van der Waals surface area (Å²) in [6, 6.07) is 22.8. The van der Waals surface area contributed by atoms with Crippen molar-refractivity contribution in [3.8, 4) is 11.1 Å². The zero-order chi connectivity index (χ0) is 13.5. The minimum Gasteiger partial charge on any atom is -0.399 e. The molecule has 0 aliphatic heterocycles. The Morgan fingerprint density at radius 3 is 2.45 bits per heavy atom. The molecule has 4 aromatic rings. The second kappa shape index (κ2) is 4.14. The average Bonchev–Trinajstić information content (AvgIpc) is 2.86. The van der Waals surface area contributed by atoms with Gasteiger partial charge in [-0.15, -0.1) is 0 Å². The van der Waals surface area contributed by atoms with Crippen LogP contribution in [-0.2, 0) is 0 Å². The van der Waals surface area contributed by atoms with E-state index in [0.717, 1.165) is 11.3 Å². The third kappa shape index (κ3) is 1.58. The van der Waals surface area contributed by atoms with Gasteiger partial charge >= 0.3 is 0 Å².